The lowest BCUT2D eigenvalue weighted by molar-refractivity contribution is 0.0740. The van der Waals surface area contributed by atoms with Gasteiger partial charge in [0.25, 0.3) is 5.91 Å². The van der Waals surface area contributed by atoms with Crippen molar-refractivity contribution in [3.05, 3.63) is 78.8 Å². The molecule has 1 aromatic carbocycles. The van der Waals surface area contributed by atoms with E-state index in [1.54, 1.807) is 18.5 Å². The summed E-state index contributed by atoms with van der Waals surface area (Å²) in [6, 6.07) is 19.4. The van der Waals surface area contributed by atoms with Gasteiger partial charge in [-0.2, -0.15) is 0 Å². The van der Waals surface area contributed by atoms with Gasteiger partial charge in [0, 0.05) is 38.1 Å². The Balaban J connectivity index is 1.36. The fraction of sp³-hybridized carbons (Fsp3) is 0.190. The Morgan fingerprint density at radius 1 is 0.815 bits per heavy atom. The minimum Gasteiger partial charge on any atom is -0.354 e. The van der Waals surface area contributed by atoms with Gasteiger partial charge in [-0.15, -0.1) is 0 Å². The van der Waals surface area contributed by atoms with Gasteiger partial charge in [0.1, 0.15) is 11.5 Å². The summed E-state index contributed by atoms with van der Waals surface area (Å²) in [4.78, 5) is 25.5. The number of nitrogens with zero attached hydrogens (tertiary/aromatic N) is 4. The number of carbonyl (C=O) groups excluding carboxylic acids is 1. The SMILES string of the molecule is O=C(c1ccc(Nc2ccccc2)cn1)N1CCN(c2ccccn2)CC1. The zero-order valence-electron chi connectivity index (χ0n) is 15.0. The molecule has 0 aliphatic carbocycles. The maximum absolute atomic E-state index is 12.7. The summed E-state index contributed by atoms with van der Waals surface area (Å²) < 4.78 is 0. The first kappa shape index (κ1) is 17.0. The van der Waals surface area contributed by atoms with Gasteiger partial charge in [-0.25, -0.2) is 9.97 Å². The van der Waals surface area contributed by atoms with Crippen LogP contribution < -0.4 is 10.2 Å². The molecule has 4 rings (SSSR count). The molecule has 0 bridgehead atoms. The summed E-state index contributed by atoms with van der Waals surface area (Å²) in [6.45, 7) is 2.88. The number of hydrogen-bond acceptors (Lipinski definition) is 5. The molecule has 3 aromatic rings. The highest BCUT2D eigenvalue weighted by Gasteiger charge is 2.23. The van der Waals surface area contributed by atoms with E-state index in [4.69, 9.17) is 0 Å². The Bertz CT molecular complexity index is 875. The zero-order chi connectivity index (χ0) is 18.5. The van der Waals surface area contributed by atoms with Gasteiger partial charge in [-0.1, -0.05) is 24.3 Å². The molecule has 1 aliphatic heterocycles. The topological polar surface area (TPSA) is 61.4 Å². The zero-order valence-corrected chi connectivity index (χ0v) is 15.0. The molecule has 6 heteroatoms. The van der Waals surface area contributed by atoms with E-state index in [9.17, 15) is 4.79 Å². The fourth-order valence-electron chi connectivity index (χ4n) is 3.12. The summed E-state index contributed by atoms with van der Waals surface area (Å²) in [5.41, 5.74) is 2.32. The number of benzene rings is 1. The van der Waals surface area contributed by atoms with Crippen LogP contribution >= 0.6 is 0 Å². The Kier molecular flexibility index (Phi) is 4.96. The molecule has 1 saturated heterocycles. The van der Waals surface area contributed by atoms with Crippen molar-refractivity contribution < 1.29 is 4.79 Å². The van der Waals surface area contributed by atoms with E-state index < -0.39 is 0 Å². The second-order valence-electron chi connectivity index (χ2n) is 6.39. The summed E-state index contributed by atoms with van der Waals surface area (Å²) in [6.07, 6.45) is 3.49. The first-order chi connectivity index (χ1) is 13.3. The van der Waals surface area contributed by atoms with Crippen LogP contribution in [0.3, 0.4) is 0 Å². The quantitative estimate of drug-likeness (QED) is 0.775. The lowest BCUT2D eigenvalue weighted by Crippen LogP contribution is -2.49. The molecular weight excluding hydrogens is 338 g/mol. The monoisotopic (exact) mass is 359 g/mol. The second kappa shape index (κ2) is 7.86. The third-order valence-electron chi connectivity index (χ3n) is 4.59. The van der Waals surface area contributed by atoms with Crippen LogP contribution in [0.25, 0.3) is 0 Å². The van der Waals surface area contributed by atoms with Crippen LogP contribution in [0, 0.1) is 0 Å². The highest BCUT2D eigenvalue weighted by molar-refractivity contribution is 5.92. The highest BCUT2D eigenvalue weighted by Crippen LogP contribution is 2.17. The van der Waals surface area contributed by atoms with Crippen molar-refractivity contribution in [2.45, 2.75) is 0 Å². The molecule has 0 radical (unpaired) electrons. The van der Waals surface area contributed by atoms with Crippen LogP contribution in [0.2, 0.25) is 0 Å². The Morgan fingerprint density at radius 3 is 2.26 bits per heavy atom. The van der Waals surface area contributed by atoms with E-state index in [0.29, 0.717) is 18.8 Å². The smallest absolute Gasteiger partial charge is 0.272 e. The molecule has 1 fully saturated rings. The third kappa shape index (κ3) is 4.06. The van der Waals surface area contributed by atoms with E-state index in [2.05, 4.69) is 20.2 Å². The van der Waals surface area contributed by atoms with E-state index in [1.807, 2.05) is 59.5 Å². The fourth-order valence-corrected chi connectivity index (χ4v) is 3.12. The van der Waals surface area contributed by atoms with Gasteiger partial charge in [0.2, 0.25) is 0 Å². The Hall–Kier alpha value is -3.41. The number of nitrogens with one attached hydrogen (secondary N) is 1. The van der Waals surface area contributed by atoms with Crippen molar-refractivity contribution in [2.75, 3.05) is 36.4 Å². The first-order valence-electron chi connectivity index (χ1n) is 9.03. The minimum atomic E-state index is -0.0260. The largest absolute Gasteiger partial charge is 0.354 e. The van der Waals surface area contributed by atoms with E-state index in [0.717, 1.165) is 30.3 Å². The molecule has 0 spiro atoms. The molecule has 0 atom stereocenters. The van der Waals surface area contributed by atoms with Crippen LogP contribution in [0.1, 0.15) is 10.5 Å². The maximum atomic E-state index is 12.7. The van der Waals surface area contributed by atoms with E-state index in [1.165, 1.54) is 0 Å². The van der Waals surface area contributed by atoms with E-state index in [-0.39, 0.29) is 5.91 Å². The number of para-hydroxylation sites is 1. The van der Waals surface area contributed by atoms with Crippen LogP contribution in [-0.4, -0.2) is 47.0 Å². The van der Waals surface area contributed by atoms with E-state index >= 15 is 0 Å². The molecule has 6 nitrogen and oxygen atoms in total. The minimum absolute atomic E-state index is 0.0260. The molecule has 2 aromatic heterocycles. The number of piperazine rings is 1. The summed E-state index contributed by atoms with van der Waals surface area (Å²) in [7, 11) is 0. The van der Waals surface area contributed by atoms with Crippen molar-refractivity contribution in [1.29, 1.82) is 0 Å². The molecule has 1 N–H and O–H groups in total. The number of aromatic nitrogens is 2. The summed E-state index contributed by atoms with van der Waals surface area (Å²) in [5.74, 6) is 0.931. The first-order valence-corrected chi connectivity index (χ1v) is 9.03. The lowest BCUT2D eigenvalue weighted by Gasteiger charge is -2.35. The average Bonchev–Trinajstić information content (AvgIpc) is 2.75. The molecule has 1 aliphatic rings. The number of carbonyl (C=O) groups is 1. The predicted molar refractivity (Wildman–Crippen MR) is 106 cm³/mol. The molecule has 136 valence electrons. The molecule has 0 saturated carbocycles. The number of pyridine rings is 2. The van der Waals surface area contributed by atoms with Crippen LogP contribution in [0.5, 0.6) is 0 Å². The summed E-state index contributed by atoms with van der Waals surface area (Å²) >= 11 is 0. The maximum Gasteiger partial charge on any atom is 0.272 e. The normalized spacial score (nSPS) is 14.1. The Morgan fingerprint density at radius 2 is 1.59 bits per heavy atom. The number of anilines is 3. The van der Waals surface area contributed by atoms with Crippen molar-refractivity contribution in [2.24, 2.45) is 0 Å². The second-order valence-corrected chi connectivity index (χ2v) is 6.39. The van der Waals surface area contributed by atoms with Crippen molar-refractivity contribution in [3.8, 4) is 0 Å². The van der Waals surface area contributed by atoms with Gasteiger partial charge >= 0.3 is 0 Å². The third-order valence-corrected chi connectivity index (χ3v) is 4.59. The van der Waals surface area contributed by atoms with Crippen molar-refractivity contribution in [3.63, 3.8) is 0 Å². The standard InChI is InChI=1S/C21H21N5O/c27-21(26-14-12-25(13-15-26)20-8-4-5-11-22-20)19-10-9-18(16-23-19)24-17-6-2-1-3-7-17/h1-11,16,24H,12-15H2. The average molecular weight is 359 g/mol. The molecule has 1 amide bonds. The summed E-state index contributed by atoms with van der Waals surface area (Å²) in [5, 5.41) is 3.27. The molecule has 3 heterocycles. The van der Waals surface area contributed by atoms with Crippen LogP contribution in [0.15, 0.2) is 73.1 Å². The van der Waals surface area contributed by atoms with Crippen molar-refractivity contribution >= 4 is 23.1 Å². The van der Waals surface area contributed by atoms with Gasteiger partial charge in [-0.05, 0) is 36.4 Å². The van der Waals surface area contributed by atoms with Crippen LogP contribution in [0.4, 0.5) is 17.2 Å². The predicted octanol–water partition coefficient (Wildman–Crippen LogP) is 3.18. The van der Waals surface area contributed by atoms with Crippen LogP contribution in [-0.2, 0) is 0 Å². The highest BCUT2D eigenvalue weighted by atomic mass is 16.2. The number of rotatable bonds is 4. The molecular formula is C21H21N5O. The molecule has 0 unspecified atom stereocenters. The number of hydrogen-bond donors (Lipinski definition) is 1. The van der Waals surface area contributed by atoms with Crippen molar-refractivity contribution in [1.82, 2.24) is 14.9 Å². The van der Waals surface area contributed by atoms with Gasteiger partial charge in [0.15, 0.2) is 0 Å². The number of amides is 1. The van der Waals surface area contributed by atoms with Gasteiger partial charge in [0.05, 0.1) is 11.9 Å². The lowest BCUT2D eigenvalue weighted by atomic mass is 10.2. The van der Waals surface area contributed by atoms with Gasteiger partial charge in [-0.3, -0.25) is 4.79 Å². The Labute approximate surface area is 158 Å². The van der Waals surface area contributed by atoms with Gasteiger partial charge < -0.3 is 15.1 Å². The molecule has 27 heavy (non-hydrogen) atoms.